The van der Waals surface area contributed by atoms with Crippen LogP contribution in [-0.4, -0.2) is 53.3 Å². The SMILES string of the molecule is CCOC(=O)CS(=O)(=O)[C@@H]1CCCC[C@H]1c1cc(OC)c(OC)c(OC)c1. The Balaban J connectivity index is 2.41. The number of carbonyl (C=O) groups excluding carboxylic acids is 1. The first-order valence-corrected chi connectivity index (χ1v) is 10.8. The van der Waals surface area contributed by atoms with E-state index in [9.17, 15) is 13.2 Å². The van der Waals surface area contributed by atoms with Gasteiger partial charge in [-0.1, -0.05) is 12.8 Å². The summed E-state index contributed by atoms with van der Waals surface area (Å²) in [6, 6.07) is 3.59. The van der Waals surface area contributed by atoms with Crippen molar-refractivity contribution in [2.75, 3.05) is 33.7 Å². The van der Waals surface area contributed by atoms with E-state index in [4.69, 9.17) is 18.9 Å². The van der Waals surface area contributed by atoms with Crippen LogP contribution in [0.15, 0.2) is 12.1 Å². The number of carbonyl (C=O) groups is 1. The number of hydrogen-bond acceptors (Lipinski definition) is 7. The van der Waals surface area contributed by atoms with Crippen molar-refractivity contribution >= 4 is 15.8 Å². The standard InChI is InChI=1S/C19H28O7S/c1-5-26-18(20)12-27(21,22)17-9-7-6-8-14(17)13-10-15(23-2)19(25-4)16(11-13)24-3/h10-11,14,17H,5-9,12H2,1-4H3/t14-,17+/m0/s1. The summed E-state index contributed by atoms with van der Waals surface area (Å²) in [5, 5.41) is -0.640. The molecule has 2 rings (SSSR count). The quantitative estimate of drug-likeness (QED) is 0.620. The molecule has 0 aromatic heterocycles. The van der Waals surface area contributed by atoms with Gasteiger partial charge in [0, 0.05) is 5.92 Å². The van der Waals surface area contributed by atoms with Gasteiger partial charge in [0.05, 0.1) is 33.2 Å². The van der Waals surface area contributed by atoms with Crippen molar-refractivity contribution in [2.45, 2.75) is 43.8 Å². The zero-order chi connectivity index (χ0) is 20.0. The summed E-state index contributed by atoms with van der Waals surface area (Å²) in [4.78, 5) is 11.8. The zero-order valence-electron chi connectivity index (χ0n) is 16.3. The molecule has 0 saturated heterocycles. The van der Waals surface area contributed by atoms with Gasteiger partial charge < -0.3 is 18.9 Å². The molecule has 1 fully saturated rings. The van der Waals surface area contributed by atoms with Gasteiger partial charge in [-0.15, -0.1) is 0 Å². The molecule has 152 valence electrons. The number of esters is 1. The van der Waals surface area contributed by atoms with Crippen molar-refractivity contribution in [1.29, 1.82) is 0 Å². The van der Waals surface area contributed by atoms with Gasteiger partial charge in [0.25, 0.3) is 0 Å². The van der Waals surface area contributed by atoms with E-state index in [1.54, 1.807) is 19.1 Å². The average Bonchev–Trinajstić information content (AvgIpc) is 2.66. The van der Waals surface area contributed by atoms with Crippen LogP contribution in [0.5, 0.6) is 17.2 Å². The first kappa shape index (κ1) is 21.3. The van der Waals surface area contributed by atoms with E-state index in [1.807, 2.05) is 0 Å². The molecule has 0 unspecified atom stereocenters. The van der Waals surface area contributed by atoms with Gasteiger partial charge in [-0.3, -0.25) is 4.79 Å². The molecule has 0 radical (unpaired) electrons. The molecular formula is C19H28O7S. The van der Waals surface area contributed by atoms with Crippen molar-refractivity contribution < 1.29 is 32.2 Å². The van der Waals surface area contributed by atoms with Crippen molar-refractivity contribution in [3.05, 3.63) is 17.7 Å². The van der Waals surface area contributed by atoms with E-state index in [0.717, 1.165) is 18.4 Å². The van der Waals surface area contributed by atoms with Gasteiger partial charge in [-0.05, 0) is 37.5 Å². The Morgan fingerprint density at radius 3 is 2.15 bits per heavy atom. The predicted octanol–water partition coefficient (Wildman–Crippen LogP) is 2.72. The summed E-state index contributed by atoms with van der Waals surface area (Å²) in [6.07, 6.45) is 2.97. The first-order chi connectivity index (χ1) is 12.9. The second kappa shape index (κ2) is 9.30. The Morgan fingerprint density at radius 2 is 1.63 bits per heavy atom. The summed E-state index contributed by atoms with van der Waals surface area (Å²) in [5.41, 5.74) is 0.807. The predicted molar refractivity (Wildman–Crippen MR) is 102 cm³/mol. The molecule has 27 heavy (non-hydrogen) atoms. The molecule has 0 amide bonds. The smallest absolute Gasteiger partial charge is 0.321 e. The molecule has 1 aliphatic rings. The fourth-order valence-corrected chi connectivity index (χ4v) is 5.64. The second-order valence-electron chi connectivity index (χ2n) is 6.50. The number of benzene rings is 1. The fraction of sp³-hybridized carbons (Fsp3) is 0.632. The topological polar surface area (TPSA) is 88.1 Å². The Labute approximate surface area is 160 Å². The van der Waals surface area contributed by atoms with E-state index in [0.29, 0.717) is 30.1 Å². The van der Waals surface area contributed by atoms with Crippen LogP contribution in [0, 0.1) is 0 Å². The van der Waals surface area contributed by atoms with Gasteiger partial charge in [-0.2, -0.15) is 0 Å². The van der Waals surface area contributed by atoms with Crippen LogP contribution >= 0.6 is 0 Å². The highest BCUT2D eigenvalue weighted by Gasteiger charge is 2.38. The maximum absolute atomic E-state index is 12.9. The molecule has 1 saturated carbocycles. The van der Waals surface area contributed by atoms with Crippen LogP contribution in [0.25, 0.3) is 0 Å². The summed E-state index contributed by atoms with van der Waals surface area (Å²) in [5.74, 6) is -0.103. The van der Waals surface area contributed by atoms with Gasteiger partial charge >= 0.3 is 5.97 Å². The zero-order valence-corrected chi connectivity index (χ0v) is 17.1. The molecule has 2 atom stereocenters. The van der Waals surface area contributed by atoms with Crippen LogP contribution in [0.2, 0.25) is 0 Å². The molecule has 7 nitrogen and oxygen atoms in total. The summed E-state index contributed by atoms with van der Waals surface area (Å²) >= 11 is 0. The molecule has 8 heteroatoms. The molecule has 0 spiro atoms. The van der Waals surface area contributed by atoms with E-state index >= 15 is 0 Å². The second-order valence-corrected chi connectivity index (χ2v) is 8.72. The van der Waals surface area contributed by atoms with E-state index in [-0.39, 0.29) is 12.5 Å². The van der Waals surface area contributed by atoms with Crippen LogP contribution in [0.1, 0.15) is 44.1 Å². The highest BCUT2D eigenvalue weighted by Crippen LogP contribution is 2.44. The third-order valence-corrected chi connectivity index (χ3v) is 7.03. The lowest BCUT2D eigenvalue weighted by molar-refractivity contribution is -0.139. The number of methoxy groups -OCH3 is 3. The van der Waals surface area contributed by atoms with Gasteiger partial charge in [0.15, 0.2) is 21.3 Å². The van der Waals surface area contributed by atoms with Crippen LogP contribution in [-0.2, 0) is 19.4 Å². The monoisotopic (exact) mass is 400 g/mol. The molecule has 1 aromatic rings. The number of ether oxygens (including phenoxy) is 4. The Kier molecular flexibility index (Phi) is 7.35. The van der Waals surface area contributed by atoms with Crippen molar-refractivity contribution in [1.82, 2.24) is 0 Å². The Bertz CT molecular complexity index is 732. The third-order valence-electron chi connectivity index (χ3n) is 4.90. The largest absolute Gasteiger partial charge is 0.493 e. The van der Waals surface area contributed by atoms with Gasteiger partial charge in [-0.25, -0.2) is 8.42 Å². The van der Waals surface area contributed by atoms with Gasteiger partial charge in [0.2, 0.25) is 5.75 Å². The minimum atomic E-state index is -3.64. The van der Waals surface area contributed by atoms with E-state index < -0.39 is 26.8 Å². The summed E-state index contributed by atoms with van der Waals surface area (Å²) in [7, 11) is 0.926. The normalized spacial score (nSPS) is 20.0. The molecule has 1 aromatic carbocycles. The third kappa shape index (κ3) is 4.86. The Morgan fingerprint density at radius 1 is 1.04 bits per heavy atom. The number of hydrogen-bond donors (Lipinski definition) is 0. The molecule has 1 aliphatic carbocycles. The van der Waals surface area contributed by atoms with E-state index in [2.05, 4.69) is 0 Å². The molecule has 0 heterocycles. The lowest BCUT2D eigenvalue weighted by Crippen LogP contribution is -2.35. The molecule has 0 bridgehead atoms. The molecule has 0 aliphatic heterocycles. The van der Waals surface area contributed by atoms with E-state index in [1.165, 1.54) is 21.3 Å². The number of sulfone groups is 1. The first-order valence-electron chi connectivity index (χ1n) is 9.05. The fourth-order valence-electron chi connectivity index (χ4n) is 3.70. The number of rotatable bonds is 8. The van der Waals surface area contributed by atoms with Crippen molar-refractivity contribution in [3.8, 4) is 17.2 Å². The van der Waals surface area contributed by atoms with Gasteiger partial charge in [0.1, 0.15) is 5.75 Å². The lowest BCUT2D eigenvalue weighted by atomic mass is 9.83. The lowest BCUT2D eigenvalue weighted by Gasteiger charge is -2.32. The van der Waals surface area contributed by atoms with Crippen LogP contribution in [0.4, 0.5) is 0 Å². The average molecular weight is 400 g/mol. The van der Waals surface area contributed by atoms with Crippen molar-refractivity contribution in [3.63, 3.8) is 0 Å². The maximum Gasteiger partial charge on any atom is 0.321 e. The maximum atomic E-state index is 12.9. The van der Waals surface area contributed by atoms with Crippen LogP contribution in [0.3, 0.4) is 0 Å². The summed E-state index contributed by atoms with van der Waals surface area (Å²) < 4.78 is 46.8. The highest BCUT2D eigenvalue weighted by molar-refractivity contribution is 7.92. The summed E-state index contributed by atoms with van der Waals surface area (Å²) in [6.45, 7) is 1.82. The Hall–Kier alpha value is -1.96. The minimum absolute atomic E-state index is 0.162. The highest BCUT2D eigenvalue weighted by atomic mass is 32.2. The molecular weight excluding hydrogens is 372 g/mol. The minimum Gasteiger partial charge on any atom is -0.493 e. The van der Waals surface area contributed by atoms with Crippen LogP contribution < -0.4 is 14.2 Å². The molecule has 0 N–H and O–H groups in total. The van der Waals surface area contributed by atoms with Crippen molar-refractivity contribution in [2.24, 2.45) is 0 Å².